The van der Waals surface area contributed by atoms with Crippen LogP contribution in [0.25, 0.3) is 22.6 Å². The lowest BCUT2D eigenvalue weighted by Crippen LogP contribution is -2.38. The number of pyridine rings is 1. The number of nitrogens with two attached hydrogens (primary N) is 3. The molecule has 3 atom stereocenters. The first-order chi connectivity index (χ1) is 22.5. The molecule has 0 amide bonds. The average molecular weight is 749 g/mol. The van der Waals surface area contributed by atoms with Crippen LogP contribution in [0.4, 0.5) is 5.82 Å². The third-order valence-electron chi connectivity index (χ3n) is 6.43. The Morgan fingerprint density at radius 3 is 2.12 bits per heavy atom. The maximum absolute atomic E-state index is 12.1. The van der Waals surface area contributed by atoms with Gasteiger partial charge in [-0.25, -0.2) is 9.97 Å². The predicted octanol–water partition coefficient (Wildman–Crippen LogP) is 5.05. The highest BCUT2D eigenvalue weighted by molar-refractivity contribution is 7.98. The largest absolute Gasteiger partial charge is 0.490 e. The number of carbonyl (C=O) groups excluding carboxylic acids is 2. The molecule has 4 aromatic rings. The summed E-state index contributed by atoms with van der Waals surface area (Å²) in [6, 6.07) is 16.0. The van der Waals surface area contributed by atoms with Crippen molar-refractivity contribution in [2.75, 3.05) is 18.9 Å². The van der Waals surface area contributed by atoms with Crippen LogP contribution >= 0.6 is 48.2 Å². The normalized spacial score (nSPS) is 12.1. The van der Waals surface area contributed by atoms with Crippen LogP contribution in [-0.2, 0) is 24.8 Å². The van der Waals surface area contributed by atoms with E-state index in [2.05, 4.69) is 22.1 Å². The van der Waals surface area contributed by atoms with E-state index in [0.29, 0.717) is 44.3 Å². The van der Waals surface area contributed by atoms with Gasteiger partial charge < -0.3 is 35.8 Å². The first-order valence-corrected chi connectivity index (χ1v) is 15.4. The molecular formula is C32H32Cl3N7O6S. The van der Waals surface area contributed by atoms with Crippen LogP contribution in [0, 0.1) is 22.7 Å². The molecule has 2 aromatic carbocycles. The third kappa shape index (κ3) is 10.7. The molecule has 0 saturated carbocycles. The molecule has 4 rings (SSSR count). The molecule has 0 saturated heterocycles. The number of halogens is 3. The molecule has 2 aromatic heterocycles. The Kier molecular flexibility index (Phi) is 15.6. The van der Waals surface area contributed by atoms with Crippen molar-refractivity contribution < 1.29 is 28.2 Å². The zero-order valence-corrected chi connectivity index (χ0v) is 29.3. The minimum Gasteiger partial charge on any atom is -0.490 e. The Morgan fingerprint density at radius 1 is 0.918 bits per heavy atom. The van der Waals surface area contributed by atoms with Crippen molar-refractivity contribution in [3.8, 4) is 40.5 Å². The second kappa shape index (κ2) is 18.9. The summed E-state index contributed by atoms with van der Waals surface area (Å²) in [5, 5.41) is 21.0. The van der Waals surface area contributed by atoms with Crippen molar-refractivity contribution in [3.05, 3.63) is 76.6 Å². The van der Waals surface area contributed by atoms with Crippen molar-refractivity contribution >= 4 is 65.9 Å². The molecule has 0 aliphatic rings. The maximum atomic E-state index is 12.1. The number of ether oxygens (including phenoxy) is 3. The number of esters is 2. The summed E-state index contributed by atoms with van der Waals surface area (Å²) in [6.45, 7) is 2.47. The number of hydrogen-bond donors (Lipinski definition) is 3. The summed E-state index contributed by atoms with van der Waals surface area (Å²) in [5.41, 5.74) is 19.7. The van der Waals surface area contributed by atoms with Crippen LogP contribution in [0.5, 0.6) is 5.75 Å². The summed E-state index contributed by atoms with van der Waals surface area (Å²) in [4.78, 5) is 32.7. The van der Waals surface area contributed by atoms with Gasteiger partial charge in [0.1, 0.15) is 65.9 Å². The zero-order chi connectivity index (χ0) is 34.1. The van der Waals surface area contributed by atoms with E-state index in [0.717, 1.165) is 5.56 Å². The summed E-state index contributed by atoms with van der Waals surface area (Å²) in [7, 11) is 0. The number of carbonyl (C=O) groups is 2. The Morgan fingerprint density at radius 2 is 1.53 bits per heavy atom. The second-order valence-electron chi connectivity index (χ2n) is 10.2. The van der Waals surface area contributed by atoms with E-state index in [1.807, 2.05) is 0 Å². The minimum atomic E-state index is -0.960. The molecule has 2 heterocycles. The highest BCUT2D eigenvalue weighted by Crippen LogP contribution is 2.37. The van der Waals surface area contributed by atoms with Gasteiger partial charge in [0.05, 0.1) is 11.3 Å². The van der Waals surface area contributed by atoms with Gasteiger partial charge in [-0.2, -0.15) is 10.5 Å². The van der Waals surface area contributed by atoms with E-state index in [4.69, 9.17) is 47.4 Å². The zero-order valence-electron chi connectivity index (χ0n) is 26.1. The van der Waals surface area contributed by atoms with Gasteiger partial charge in [0.25, 0.3) is 0 Å². The number of aromatic nitrogens is 2. The number of hydrogen-bond acceptors (Lipinski definition) is 14. The highest BCUT2D eigenvalue weighted by Gasteiger charge is 2.23. The summed E-state index contributed by atoms with van der Waals surface area (Å²) >= 11 is 7.19. The fraction of sp³-hybridized carbons (Fsp3) is 0.250. The molecular weight excluding hydrogens is 717 g/mol. The fourth-order valence-corrected chi connectivity index (χ4v) is 5.03. The first kappa shape index (κ1) is 40.6. The Balaban J connectivity index is 0.00000417. The van der Waals surface area contributed by atoms with Crippen LogP contribution in [0.1, 0.15) is 30.7 Å². The predicted molar refractivity (Wildman–Crippen MR) is 188 cm³/mol. The lowest BCUT2D eigenvalue weighted by atomic mass is 9.97. The molecule has 0 bridgehead atoms. The van der Waals surface area contributed by atoms with Gasteiger partial charge in [-0.15, -0.1) is 24.8 Å². The van der Waals surface area contributed by atoms with Crippen molar-refractivity contribution in [2.45, 2.75) is 42.8 Å². The molecule has 0 spiro atoms. The smallest absolute Gasteiger partial charge is 0.323 e. The monoisotopic (exact) mass is 747 g/mol. The second-order valence-corrected chi connectivity index (χ2v) is 11.6. The minimum absolute atomic E-state index is 0. The van der Waals surface area contributed by atoms with E-state index < -0.39 is 30.1 Å². The summed E-state index contributed by atoms with van der Waals surface area (Å²) < 4.78 is 21.8. The van der Waals surface area contributed by atoms with Gasteiger partial charge in [0, 0.05) is 21.9 Å². The third-order valence-corrected chi connectivity index (χ3v) is 7.69. The molecule has 258 valence electrons. The molecule has 1 unspecified atom stereocenters. The standard InChI is InChI=1S/C32H30ClN7O6S.2ClH/c1-17(36)31(41)45-15-24(46-32(42)18(2)37)14-43-23-9-5-19(6-10-23)27-25(11-34)28(38)40-30(26(27)12-35)47-16-22-13-44-29(39-22)20-3-7-21(33)8-4-20;;/h3-10,13,17-18,24H,14-16,36-37H2,1-2H3,(H2,38,40);2*1H/t17-,18?,24-;;/m0../s1. The quantitative estimate of drug-likeness (QED) is 0.120. The van der Waals surface area contributed by atoms with E-state index in [-0.39, 0.29) is 55.0 Å². The molecule has 0 aliphatic carbocycles. The highest BCUT2D eigenvalue weighted by atomic mass is 35.5. The fourth-order valence-electron chi connectivity index (χ4n) is 4.03. The van der Waals surface area contributed by atoms with Crippen molar-refractivity contribution in [1.29, 1.82) is 10.5 Å². The van der Waals surface area contributed by atoms with E-state index in [1.54, 1.807) is 48.5 Å². The average Bonchev–Trinajstić information content (AvgIpc) is 3.54. The lowest BCUT2D eigenvalue weighted by molar-refractivity contribution is -0.162. The van der Waals surface area contributed by atoms with Crippen LogP contribution < -0.4 is 21.9 Å². The van der Waals surface area contributed by atoms with E-state index in [1.165, 1.54) is 31.9 Å². The molecule has 17 heteroatoms. The number of oxazole rings is 1. The van der Waals surface area contributed by atoms with Crippen molar-refractivity contribution in [1.82, 2.24) is 9.97 Å². The van der Waals surface area contributed by atoms with E-state index >= 15 is 0 Å². The van der Waals surface area contributed by atoms with Gasteiger partial charge in [0.2, 0.25) is 5.89 Å². The van der Waals surface area contributed by atoms with Gasteiger partial charge in [-0.05, 0) is 55.8 Å². The molecule has 6 N–H and O–H groups in total. The Hall–Kier alpha value is -4.54. The summed E-state index contributed by atoms with van der Waals surface area (Å²) in [5.74, 6) is -0.316. The first-order valence-electron chi connectivity index (χ1n) is 14.1. The molecule has 13 nitrogen and oxygen atoms in total. The van der Waals surface area contributed by atoms with Crippen molar-refractivity contribution in [2.24, 2.45) is 11.5 Å². The van der Waals surface area contributed by atoms with Gasteiger partial charge in [-0.1, -0.05) is 35.5 Å². The Labute approximate surface area is 303 Å². The number of nitrogens with zero attached hydrogens (tertiary/aromatic N) is 4. The van der Waals surface area contributed by atoms with Crippen LogP contribution in [0.3, 0.4) is 0 Å². The molecule has 0 fully saturated rings. The number of anilines is 1. The van der Waals surface area contributed by atoms with Crippen LogP contribution in [0.2, 0.25) is 5.02 Å². The van der Waals surface area contributed by atoms with Gasteiger partial charge in [0.15, 0.2) is 6.10 Å². The SMILES string of the molecule is CC(N)C(=O)O[C@H](COC(=O)[C@H](C)N)COc1ccc(-c2c(C#N)c(N)nc(SCc3coc(-c4ccc(Cl)cc4)n3)c2C#N)cc1.Cl.Cl. The van der Waals surface area contributed by atoms with Crippen LogP contribution in [-0.4, -0.2) is 53.3 Å². The number of nitrogen functional groups attached to an aromatic ring is 1. The van der Waals surface area contributed by atoms with Gasteiger partial charge in [-0.3, -0.25) is 9.59 Å². The molecule has 0 aliphatic heterocycles. The number of benzene rings is 2. The molecule has 49 heavy (non-hydrogen) atoms. The van der Waals surface area contributed by atoms with Crippen molar-refractivity contribution in [3.63, 3.8) is 0 Å². The topological polar surface area (TPSA) is 226 Å². The van der Waals surface area contributed by atoms with Gasteiger partial charge >= 0.3 is 11.9 Å². The maximum Gasteiger partial charge on any atom is 0.323 e. The Bertz CT molecular complexity index is 1830. The van der Waals surface area contributed by atoms with Crippen LogP contribution in [0.15, 0.2) is 64.2 Å². The van der Waals surface area contributed by atoms with E-state index in [9.17, 15) is 20.1 Å². The number of thioether (sulfide) groups is 1. The molecule has 0 radical (unpaired) electrons. The summed E-state index contributed by atoms with van der Waals surface area (Å²) in [6.07, 6.45) is 0.554. The number of nitriles is 2. The number of rotatable bonds is 13. The lowest BCUT2D eigenvalue weighted by Gasteiger charge is -2.20.